The molecule has 3 amide bonds. The number of esters is 1. The number of rotatable bonds is 5. The van der Waals surface area contributed by atoms with E-state index in [1.807, 2.05) is 4.90 Å². The number of nitrogens with one attached hydrogen (secondary N) is 2. The minimum absolute atomic E-state index is 0.177. The summed E-state index contributed by atoms with van der Waals surface area (Å²) in [5.74, 6) is -0.718. The van der Waals surface area contributed by atoms with Gasteiger partial charge in [-0.3, -0.25) is 19.8 Å². The normalized spacial score (nSPS) is 23.5. The Hall–Kier alpha value is -1.63. The van der Waals surface area contributed by atoms with E-state index in [4.69, 9.17) is 4.74 Å². The second-order valence-electron chi connectivity index (χ2n) is 6.71. The zero-order valence-corrected chi connectivity index (χ0v) is 14.7. The molecule has 2 rings (SSSR count). The van der Waals surface area contributed by atoms with Crippen LogP contribution in [0.5, 0.6) is 0 Å². The number of carbonyl (C=O) groups is 3. The Morgan fingerprint density at radius 1 is 1.17 bits per heavy atom. The van der Waals surface area contributed by atoms with Gasteiger partial charge in [0, 0.05) is 12.6 Å². The van der Waals surface area contributed by atoms with Gasteiger partial charge in [-0.25, -0.2) is 4.79 Å². The van der Waals surface area contributed by atoms with E-state index < -0.39 is 12.1 Å². The molecule has 7 nitrogen and oxygen atoms in total. The fourth-order valence-corrected chi connectivity index (χ4v) is 3.48. The summed E-state index contributed by atoms with van der Waals surface area (Å²) < 4.78 is 5.08. The van der Waals surface area contributed by atoms with E-state index in [-0.39, 0.29) is 23.8 Å². The smallest absolute Gasteiger partial charge is 0.321 e. The summed E-state index contributed by atoms with van der Waals surface area (Å²) in [6.45, 7) is 5.17. The molecule has 2 aliphatic rings. The highest BCUT2D eigenvalue weighted by atomic mass is 16.5. The van der Waals surface area contributed by atoms with Gasteiger partial charge in [-0.05, 0) is 46.1 Å². The Balaban J connectivity index is 1.80. The Kier molecular flexibility index (Phi) is 7.02. The molecule has 2 fully saturated rings. The number of carbonyl (C=O) groups excluding carboxylic acids is 3. The average Bonchev–Trinajstić information content (AvgIpc) is 3.07. The van der Waals surface area contributed by atoms with Crippen molar-refractivity contribution in [2.75, 3.05) is 19.7 Å². The van der Waals surface area contributed by atoms with Crippen molar-refractivity contribution in [1.82, 2.24) is 15.5 Å². The van der Waals surface area contributed by atoms with Crippen LogP contribution in [0.1, 0.15) is 52.4 Å². The summed E-state index contributed by atoms with van der Waals surface area (Å²) >= 11 is 0. The molecule has 2 N–H and O–H groups in total. The van der Waals surface area contributed by atoms with Crippen LogP contribution in [-0.4, -0.2) is 54.6 Å². The summed E-state index contributed by atoms with van der Waals surface area (Å²) in [4.78, 5) is 38.1. The first kappa shape index (κ1) is 18.7. The number of amides is 3. The monoisotopic (exact) mass is 339 g/mol. The summed E-state index contributed by atoms with van der Waals surface area (Å²) in [5, 5.41) is 5.27. The van der Waals surface area contributed by atoms with Crippen molar-refractivity contribution < 1.29 is 19.1 Å². The van der Waals surface area contributed by atoms with Crippen molar-refractivity contribution in [3.8, 4) is 0 Å². The maximum Gasteiger partial charge on any atom is 0.321 e. The first-order valence-electron chi connectivity index (χ1n) is 9.03. The van der Waals surface area contributed by atoms with Crippen molar-refractivity contribution >= 4 is 17.9 Å². The molecule has 0 radical (unpaired) electrons. The highest BCUT2D eigenvalue weighted by Crippen LogP contribution is 2.20. The lowest BCUT2D eigenvalue weighted by atomic mass is 9.97. The first-order chi connectivity index (χ1) is 11.5. The van der Waals surface area contributed by atoms with Crippen LogP contribution in [0.4, 0.5) is 4.79 Å². The third-order valence-electron chi connectivity index (χ3n) is 4.93. The van der Waals surface area contributed by atoms with Gasteiger partial charge in [0.05, 0.1) is 18.6 Å². The first-order valence-corrected chi connectivity index (χ1v) is 9.03. The van der Waals surface area contributed by atoms with Gasteiger partial charge in [-0.15, -0.1) is 0 Å². The predicted octanol–water partition coefficient (Wildman–Crippen LogP) is 1.42. The summed E-state index contributed by atoms with van der Waals surface area (Å²) in [7, 11) is 0. The number of likely N-dealkylation sites (tertiary alicyclic amines) is 1. The largest absolute Gasteiger partial charge is 0.466 e. The second-order valence-corrected chi connectivity index (χ2v) is 6.71. The summed E-state index contributed by atoms with van der Waals surface area (Å²) in [5.41, 5.74) is 0. The molecular weight excluding hydrogens is 310 g/mol. The van der Waals surface area contributed by atoms with E-state index in [2.05, 4.69) is 10.6 Å². The molecule has 0 aromatic rings. The molecule has 136 valence electrons. The molecule has 0 bridgehead atoms. The van der Waals surface area contributed by atoms with Gasteiger partial charge in [0.15, 0.2) is 0 Å². The van der Waals surface area contributed by atoms with Gasteiger partial charge in [0.2, 0.25) is 5.91 Å². The minimum atomic E-state index is -0.448. The number of hydrogen-bond acceptors (Lipinski definition) is 5. The van der Waals surface area contributed by atoms with Crippen molar-refractivity contribution in [1.29, 1.82) is 0 Å². The lowest BCUT2D eigenvalue weighted by molar-refractivity contribution is -0.151. The summed E-state index contributed by atoms with van der Waals surface area (Å²) in [6, 6.07) is -0.689. The van der Waals surface area contributed by atoms with Gasteiger partial charge in [-0.1, -0.05) is 12.8 Å². The Morgan fingerprint density at radius 2 is 1.88 bits per heavy atom. The second kappa shape index (κ2) is 9.01. The SMILES string of the molecule is CCOC(=O)[C@H]1CCCN([C@@H](C)C(=O)NC(=O)NC2CCCC2)C1. The number of imide groups is 1. The van der Waals surface area contributed by atoms with Crippen LogP contribution in [0.3, 0.4) is 0 Å². The molecule has 0 aromatic carbocycles. The van der Waals surface area contributed by atoms with Crippen molar-refractivity contribution in [2.45, 2.75) is 64.5 Å². The van der Waals surface area contributed by atoms with Crippen molar-refractivity contribution in [3.05, 3.63) is 0 Å². The minimum Gasteiger partial charge on any atom is -0.466 e. The van der Waals surface area contributed by atoms with E-state index >= 15 is 0 Å². The molecule has 24 heavy (non-hydrogen) atoms. The van der Waals surface area contributed by atoms with E-state index in [1.165, 1.54) is 0 Å². The average molecular weight is 339 g/mol. The molecule has 1 aliphatic heterocycles. The van der Waals surface area contributed by atoms with Gasteiger partial charge in [0.1, 0.15) is 0 Å². The highest BCUT2D eigenvalue weighted by Gasteiger charge is 2.32. The number of piperidine rings is 1. The number of ether oxygens (including phenoxy) is 1. The van der Waals surface area contributed by atoms with Crippen LogP contribution in [0, 0.1) is 5.92 Å². The van der Waals surface area contributed by atoms with E-state index in [0.717, 1.165) is 45.1 Å². The predicted molar refractivity (Wildman–Crippen MR) is 89.3 cm³/mol. The van der Waals surface area contributed by atoms with Gasteiger partial charge < -0.3 is 10.1 Å². The molecular formula is C17H29N3O4. The molecule has 7 heteroatoms. The molecule has 0 aromatic heterocycles. The maximum absolute atomic E-state index is 12.3. The van der Waals surface area contributed by atoms with Crippen LogP contribution in [0.25, 0.3) is 0 Å². The molecule has 1 saturated heterocycles. The zero-order chi connectivity index (χ0) is 17.5. The molecule has 1 aliphatic carbocycles. The van der Waals surface area contributed by atoms with Gasteiger partial charge in [0.25, 0.3) is 0 Å². The standard InChI is InChI=1S/C17H29N3O4/c1-3-24-16(22)13-7-6-10-20(11-13)12(2)15(21)19-17(23)18-14-8-4-5-9-14/h12-14H,3-11H2,1-2H3,(H2,18,19,21,23)/t12-,13-/m0/s1. The van der Waals surface area contributed by atoms with Crippen LogP contribution in [-0.2, 0) is 14.3 Å². The summed E-state index contributed by atoms with van der Waals surface area (Å²) in [6.07, 6.45) is 5.83. The van der Waals surface area contributed by atoms with Crippen molar-refractivity contribution in [3.63, 3.8) is 0 Å². The number of hydrogen-bond donors (Lipinski definition) is 2. The Morgan fingerprint density at radius 3 is 2.54 bits per heavy atom. The lowest BCUT2D eigenvalue weighted by Gasteiger charge is -2.34. The molecule has 0 spiro atoms. The molecule has 0 unspecified atom stereocenters. The van der Waals surface area contributed by atoms with Crippen LogP contribution in [0.15, 0.2) is 0 Å². The van der Waals surface area contributed by atoms with E-state index in [0.29, 0.717) is 13.2 Å². The highest BCUT2D eigenvalue weighted by molar-refractivity contribution is 5.96. The molecule has 1 heterocycles. The molecule has 2 atom stereocenters. The number of nitrogens with zero attached hydrogens (tertiary/aromatic N) is 1. The lowest BCUT2D eigenvalue weighted by Crippen LogP contribution is -2.53. The third kappa shape index (κ3) is 5.19. The van der Waals surface area contributed by atoms with E-state index in [1.54, 1.807) is 13.8 Å². The van der Waals surface area contributed by atoms with Crippen LogP contribution >= 0.6 is 0 Å². The Bertz CT molecular complexity index is 463. The Labute approximate surface area is 143 Å². The van der Waals surface area contributed by atoms with Crippen LogP contribution in [0.2, 0.25) is 0 Å². The fourth-order valence-electron chi connectivity index (χ4n) is 3.48. The van der Waals surface area contributed by atoms with E-state index in [9.17, 15) is 14.4 Å². The maximum atomic E-state index is 12.3. The quantitative estimate of drug-likeness (QED) is 0.740. The number of urea groups is 1. The zero-order valence-electron chi connectivity index (χ0n) is 14.7. The van der Waals surface area contributed by atoms with Gasteiger partial charge in [-0.2, -0.15) is 0 Å². The topological polar surface area (TPSA) is 87.7 Å². The van der Waals surface area contributed by atoms with Crippen LogP contribution < -0.4 is 10.6 Å². The fraction of sp³-hybridized carbons (Fsp3) is 0.824. The van der Waals surface area contributed by atoms with Crippen molar-refractivity contribution in [2.24, 2.45) is 5.92 Å². The van der Waals surface area contributed by atoms with Gasteiger partial charge >= 0.3 is 12.0 Å². The third-order valence-corrected chi connectivity index (χ3v) is 4.93. The molecule has 1 saturated carbocycles.